The Kier molecular flexibility index (Phi) is 5.50. The van der Waals surface area contributed by atoms with Crippen molar-refractivity contribution in [3.8, 4) is 0 Å². The predicted octanol–water partition coefficient (Wildman–Crippen LogP) is 4.64. The number of nitrogens with one attached hydrogen (secondary N) is 2. The molecular formula is C22H24N4O. The zero-order valence-corrected chi connectivity index (χ0v) is 15.9. The van der Waals surface area contributed by atoms with E-state index in [2.05, 4.69) is 41.4 Å². The van der Waals surface area contributed by atoms with E-state index in [1.54, 1.807) is 18.5 Å². The molecule has 0 atom stereocenters. The molecule has 0 saturated heterocycles. The van der Waals surface area contributed by atoms with Gasteiger partial charge in [0.15, 0.2) is 0 Å². The van der Waals surface area contributed by atoms with E-state index in [0.717, 1.165) is 16.9 Å². The van der Waals surface area contributed by atoms with Gasteiger partial charge in [-0.15, -0.1) is 0 Å². The minimum absolute atomic E-state index is 0.0817. The monoisotopic (exact) mass is 360 g/mol. The third-order valence-corrected chi connectivity index (χ3v) is 4.22. The fourth-order valence-corrected chi connectivity index (χ4v) is 2.62. The number of anilines is 2. The Morgan fingerprint density at radius 3 is 2.44 bits per heavy atom. The summed E-state index contributed by atoms with van der Waals surface area (Å²) in [4.78, 5) is 20.8. The first-order valence-electron chi connectivity index (χ1n) is 8.92. The number of carbonyl (C=O) groups excluding carboxylic acids is 1. The van der Waals surface area contributed by atoms with Crippen LogP contribution in [0.25, 0.3) is 0 Å². The molecule has 0 saturated carbocycles. The van der Waals surface area contributed by atoms with Crippen LogP contribution in [0.15, 0.2) is 67.1 Å². The zero-order valence-electron chi connectivity index (χ0n) is 15.9. The van der Waals surface area contributed by atoms with Crippen LogP contribution < -0.4 is 10.6 Å². The lowest BCUT2D eigenvalue weighted by Gasteiger charge is -2.19. The Labute approximate surface area is 159 Å². The van der Waals surface area contributed by atoms with Crippen LogP contribution in [0, 0.1) is 0 Å². The molecule has 0 spiro atoms. The molecule has 0 radical (unpaired) electrons. The van der Waals surface area contributed by atoms with Crippen LogP contribution in [-0.2, 0) is 12.0 Å². The van der Waals surface area contributed by atoms with Crippen molar-refractivity contribution in [2.24, 2.45) is 0 Å². The smallest absolute Gasteiger partial charge is 0.274 e. The fraction of sp³-hybridized carbons (Fsp3) is 0.227. The second-order valence-corrected chi connectivity index (χ2v) is 7.43. The number of pyridine rings is 2. The Balaban J connectivity index is 1.64. The summed E-state index contributed by atoms with van der Waals surface area (Å²) in [7, 11) is 0. The average molecular weight is 360 g/mol. The molecule has 1 aromatic carbocycles. The van der Waals surface area contributed by atoms with Crippen LogP contribution in [-0.4, -0.2) is 15.9 Å². The second-order valence-electron chi connectivity index (χ2n) is 7.43. The van der Waals surface area contributed by atoms with E-state index in [4.69, 9.17) is 0 Å². The molecule has 3 aromatic rings. The maximum atomic E-state index is 12.5. The molecule has 2 N–H and O–H groups in total. The van der Waals surface area contributed by atoms with Crippen LogP contribution >= 0.6 is 0 Å². The highest BCUT2D eigenvalue weighted by atomic mass is 16.1. The van der Waals surface area contributed by atoms with Crippen LogP contribution in [0.1, 0.15) is 42.4 Å². The van der Waals surface area contributed by atoms with Gasteiger partial charge in [0.05, 0.1) is 0 Å². The summed E-state index contributed by atoms with van der Waals surface area (Å²) >= 11 is 0. The Morgan fingerprint density at radius 1 is 1.00 bits per heavy atom. The van der Waals surface area contributed by atoms with Gasteiger partial charge < -0.3 is 10.6 Å². The third-order valence-electron chi connectivity index (χ3n) is 4.22. The molecule has 138 valence electrons. The van der Waals surface area contributed by atoms with Crippen LogP contribution in [0.4, 0.5) is 11.4 Å². The van der Waals surface area contributed by atoms with E-state index in [-0.39, 0.29) is 11.3 Å². The molecule has 27 heavy (non-hydrogen) atoms. The van der Waals surface area contributed by atoms with E-state index in [1.807, 2.05) is 48.7 Å². The number of aromatic nitrogens is 2. The molecule has 5 heteroatoms. The fourth-order valence-electron chi connectivity index (χ4n) is 2.62. The van der Waals surface area contributed by atoms with E-state index >= 15 is 0 Å². The lowest BCUT2D eigenvalue weighted by atomic mass is 9.87. The number of hydrogen-bond donors (Lipinski definition) is 2. The largest absolute Gasteiger partial charge is 0.381 e. The first-order chi connectivity index (χ1) is 12.9. The first-order valence-corrected chi connectivity index (χ1v) is 8.92. The van der Waals surface area contributed by atoms with Gasteiger partial charge in [-0.2, -0.15) is 0 Å². The summed E-state index contributed by atoms with van der Waals surface area (Å²) in [5.41, 5.74) is 4.33. The SMILES string of the molecule is CC(C)(C)c1ccc(NC(=O)c2cc(NCc3cccnc3)ccn2)cc1. The van der Waals surface area contributed by atoms with Gasteiger partial charge in [0.1, 0.15) is 5.69 Å². The van der Waals surface area contributed by atoms with Crippen LogP contribution in [0.3, 0.4) is 0 Å². The zero-order chi connectivity index (χ0) is 19.3. The van der Waals surface area contributed by atoms with E-state index in [0.29, 0.717) is 12.2 Å². The summed E-state index contributed by atoms with van der Waals surface area (Å²) < 4.78 is 0. The van der Waals surface area contributed by atoms with Crippen molar-refractivity contribution >= 4 is 17.3 Å². The van der Waals surface area contributed by atoms with Gasteiger partial charge in [-0.3, -0.25) is 14.8 Å². The van der Waals surface area contributed by atoms with Crippen molar-refractivity contribution in [1.82, 2.24) is 9.97 Å². The molecule has 5 nitrogen and oxygen atoms in total. The van der Waals surface area contributed by atoms with Crippen molar-refractivity contribution < 1.29 is 4.79 Å². The molecule has 0 unspecified atom stereocenters. The van der Waals surface area contributed by atoms with Crippen molar-refractivity contribution in [3.05, 3.63) is 83.9 Å². The first kappa shape index (κ1) is 18.6. The van der Waals surface area contributed by atoms with Crippen LogP contribution in [0.2, 0.25) is 0 Å². The van der Waals surface area contributed by atoms with Gasteiger partial charge in [0.2, 0.25) is 0 Å². The molecule has 0 fully saturated rings. The number of carbonyl (C=O) groups is 1. The third kappa shape index (κ3) is 5.14. The van der Waals surface area contributed by atoms with Gasteiger partial charge in [0, 0.05) is 36.5 Å². The molecule has 2 heterocycles. The maximum Gasteiger partial charge on any atom is 0.274 e. The van der Waals surface area contributed by atoms with Gasteiger partial charge >= 0.3 is 0 Å². The normalized spacial score (nSPS) is 11.1. The van der Waals surface area contributed by atoms with Gasteiger partial charge in [-0.1, -0.05) is 39.0 Å². The van der Waals surface area contributed by atoms with Crippen molar-refractivity contribution in [2.75, 3.05) is 10.6 Å². The number of rotatable bonds is 5. The summed E-state index contributed by atoms with van der Waals surface area (Å²) in [6, 6.07) is 15.4. The number of benzene rings is 1. The molecule has 3 rings (SSSR count). The number of amides is 1. The maximum absolute atomic E-state index is 12.5. The highest BCUT2D eigenvalue weighted by Gasteiger charge is 2.14. The van der Waals surface area contributed by atoms with Gasteiger partial charge in [-0.05, 0) is 46.9 Å². The molecule has 0 aliphatic rings. The van der Waals surface area contributed by atoms with E-state index in [1.165, 1.54) is 5.56 Å². The summed E-state index contributed by atoms with van der Waals surface area (Å²) in [6.07, 6.45) is 5.18. The Hall–Kier alpha value is -3.21. The minimum Gasteiger partial charge on any atom is -0.381 e. The van der Waals surface area contributed by atoms with Crippen LogP contribution in [0.5, 0.6) is 0 Å². The molecule has 0 aliphatic heterocycles. The molecule has 2 aromatic heterocycles. The molecule has 1 amide bonds. The molecule has 0 bridgehead atoms. The Morgan fingerprint density at radius 2 is 1.78 bits per heavy atom. The lowest BCUT2D eigenvalue weighted by Crippen LogP contribution is -2.15. The number of nitrogens with zero attached hydrogens (tertiary/aromatic N) is 2. The average Bonchev–Trinajstić information content (AvgIpc) is 2.67. The second kappa shape index (κ2) is 7.99. The summed E-state index contributed by atoms with van der Waals surface area (Å²) in [5.74, 6) is -0.233. The predicted molar refractivity (Wildman–Crippen MR) is 109 cm³/mol. The Bertz CT molecular complexity index is 900. The van der Waals surface area contributed by atoms with Crippen molar-refractivity contribution in [1.29, 1.82) is 0 Å². The van der Waals surface area contributed by atoms with E-state index in [9.17, 15) is 4.79 Å². The molecule has 0 aliphatic carbocycles. The van der Waals surface area contributed by atoms with Gasteiger partial charge in [0.25, 0.3) is 5.91 Å². The van der Waals surface area contributed by atoms with Gasteiger partial charge in [-0.25, -0.2) is 0 Å². The summed E-state index contributed by atoms with van der Waals surface area (Å²) in [5, 5.41) is 6.18. The van der Waals surface area contributed by atoms with Crippen molar-refractivity contribution in [3.63, 3.8) is 0 Å². The topological polar surface area (TPSA) is 66.9 Å². The minimum atomic E-state index is -0.233. The van der Waals surface area contributed by atoms with E-state index < -0.39 is 0 Å². The molecular weight excluding hydrogens is 336 g/mol. The number of hydrogen-bond acceptors (Lipinski definition) is 4. The quantitative estimate of drug-likeness (QED) is 0.696. The van der Waals surface area contributed by atoms with Crippen molar-refractivity contribution in [2.45, 2.75) is 32.7 Å². The summed E-state index contributed by atoms with van der Waals surface area (Å²) in [6.45, 7) is 7.12. The lowest BCUT2D eigenvalue weighted by molar-refractivity contribution is 0.102. The highest BCUT2D eigenvalue weighted by molar-refractivity contribution is 6.03. The highest BCUT2D eigenvalue weighted by Crippen LogP contribution is 2.23. The standard InChI is InChI=1S/C22H24N4O/c1-22(2,3)17-6-8-18(9-7-17)26-21(27)20-13-19(10-12-24-20)25-15-16-5-4-11-23-14-16/h4-14H,15H2,1-3H3,(H,24,25)(H,26,27).